The maximum absolute atomic E-state index is 12.9. The van der Waals surface area contributed by atoms with Crippen LogP contribution in [0.4, 0.5) is 5.95 Å². The second-order valence-electron chi connectivity index (χ2n) is 7.70. The van der Waals surface area contributed by atoms with Gasteiger partial charge in [-0.2, -0.15) is 4.98 Å². The van der Waals surface area contributed by atoms with E-state index < -0.39 is 6.04 Å². The zero-order valence-corrected chi connectivity index (χ0v) is 21.0. The van der Waals surface area contributed by atoms with Crippen LogP contribution in [-0.4, -0.2) is 46.8 Å². The van der Waals surface area contributed by atoms with Crippen LogP contribution in [0, 0.1) is 0 Å². The molecule has 0 amide bonds. The molecule has 1 atom stereocenters. The summed E-state index contributed by atoms with van der Waals surface area (Å²) in [7, 11) is 1.62. The highest BCUT2D eigenvalue weighted by Crippen LogP contribution is 2.39. The van der Waals surface area contributed by atoms with Gasteiger partial charge in [-0.1, -0.05) is 50.9 Å². The van der Waals surface area contributed by atoms with Crippen molar-refractivity contribution < 1.29 is 19.0 Å². The normalized spacial score (nSPS) is 15.1. The number of allylic oxidation sites excluding steroid dienone is 1. The van der Waals surface area contributed by atoms with Crippen LogP contribution in [0.2, 0.25) is 0 Å². The van der Waals surface area contributed by atoms with Crippen molar-refractivity contribution in [2.24, 2.45) is 0 Å². The molecule has 0 fully saturated rings. The van der Waals surface area contributed by atoms with Crippen LogP contribution >= 0.6 is 11.8 Å². The Hall–Kier alpha value is -2.68. The van der Waals surface area contributed by atoms with Crippen molar-refractivity contribution in [3.63, 3.8) is 0 Å². The Balaban J connectivity index is 1.97. The number of esters is 1. The molecule has 0 saturated carbocycles. The number of aromatic nitrogens is 3. The van der Waals surface area contributed by atoms with Gasteiger partial charge in [0.2, 0.25) is 11.1 Å². The molecule has 0 spiro atoms. The van der Waals surface area contributed by atoms with E-state index in [2.05, 4.69) is 29.2 Å². The van der Waals surface area contributed by atoms with Crippen LogP contribution in [0.15, 0.2) is 34.6 Å². The molecule has 1 aromatic carbocycles. The van der Waals surface area contributed by atoms with E-state index in [-0.39, 0.29) is 12.6 Å². The van der Waals surface area contributed by atoms with Crippen LogP contribution in [0.1, 0.15) is 65.0 Å². The Morgan fingerprint density at radius 1 is 1.18 bits per heavy atom. The summed E-state index contributed by atoms with van der Waals surface area (Å²) < 4.78 is 18.7. The van der Waals surface area contributed by atoms with Crippen LogP contribution < -0.4 is 14.8 Å². The Morgan fingerprint density at radius 2 is 2.00 bits per heavy atom. The lowest BCUT2D eigenvalue weighted by atomic mass is 9.95. The molecule has 33 heavy (non-hydrogen) atoms. The van der Waals surface area contributed by atoms with E-state index >= 15 is 0 Å². The van der Waals surface area contributed by atoms with Gasteiger partial charge in [0.15, 0.2) is 11.5 Å². The minimum Gasteiger partial charge on any atom is -0.493 e. The minimum absolute atomic E-state index is 0.289. The molecule has 1 aromatic heterocycles. The van der Waals surface area contributed by atoms with Crippen molar-refractivity contribution >= 4 is 23.7 Å². The largest absolute Gasteiger partial charge is 0.493 e. The number of nitrogens with one attached hydrogen (secondary N) is 1. The van der Waals surface area contributed by atoms with Gasteiger partial charge in [-0.25, -0.2) is 9.48 Å². The molecule has 2 aromatic rings. The van der Waals surface area contributed by atoms with Crippen molar-refractivity contribution in [1.29, 1.82) is 0 Å². The molecular weight excluding hydrogens is 440 g/mol. The van der Waals surface area contributed by atoms with Gasteiger partial charge in [-0.3, -0.25) is 0 Å². The first-order chi connectivity index (χ1) is 16.0. The quantitative estimate of drug-likeness (QED) is 0.255. The summed E-state index contributed by atoms with van der Waals surface area (Å²) in [5.41, 5.74) is 2.03. The highest BCUT2D eigenvalue weighted by Gasteiger charge is 2.35. The summed E-state index contributed by atoms with van der Waals surface area (Å²) in [6, 6.07) is 5.25. The Kier molecular flexibility index (Phi) is 9.05. The number of hydrogen-bond acceptors (Lipinski definition) is 8. The summed E-state index contributed by atoms with van der Waals surface area (Å²) in [5, 5.41) is 8.54. The van der Waals surface area contributed by atoms with Gasteiger partial charge in [0.25, 0.3) is 0 Å². The highest BCUT2D eigenvalue weighted by atomic mass is 32.2. The molecule has 0 saturated heterocycles. The molecule has 0 aliphatic carbocycles. The molecule has 1 aliphatic heterocycles. The van der Waals surface area contributed by atoms with Crippen molar-refractivity contribution in [2.75, 3.05) is 31.4 Å². The minimum atomic E-state index is -0.494. The maximum Gasteiger partial charge on any atom is 0.338 e. The van der Waals surface area contributed by atoms with E-state index in [9.17, 15) is 4.79 Å². The van der Waals surface area contributed by atoms with E-state index in [1.165, 1.54) is 12.8 Å². The molecule has 2 heterocycles. The number of carbonyl (C=O) groups is 1. The van der Waals surface area contributed by atoms with Crippen LogP contribution in [0.25, 0.3) is 0 Å². The predicted octanol–water partition coefficient (Wildman–Crippen LogP) is 5.21. The molecule has 180 valence electrons. The number of methoxy groups -OCH3 is 1. The molecule has 0 radical (unpaired) electrons. The average Bonchev–Trinajstić information content (AvgIpc) is 3.20. The second-order valence-corrected chi connectivity index (χ2v) is 8.93. The molecule has 1 aliphatic rings. The predicted molar refractivity (Wildman–Crippen MR) is 130 cm³/mol. The van der Waals surface area contributed by atoms with Gasteiger partial charge in [0, 0.05) is 5.70 Å². The van der Waals surface area contributed by atoms with Crippen LogP contribution in [-0.2, 0) is 9.53 Å². The first kappa shape index (κ1) is 25.0. The Bertz CT molecular complexity index is 989. The number of ether oxygens (including phenoxy) is 3. The molecule has 1 N–H and O–H groups in total. The summed E-state index contributed by atoms with van der Waals surface area (Å²) in [6.07, 6.45) is 4.54. The zero-order chi connectivity index (χ0) is 23.8. The SMILES string of the molecule is CCCCCCOc1ccc(C2C(C(=O)OCC)=C(C)Nc3nc(SCC)nn32)cc1OC. The van der Waals surface area contributed by atoms with Gasteiger partial charge < -0.3 is 19.5 Å². The Labute approximate surface area is 200 Å². The van der Waals surface area contributed by atoms with E-state index in [1.807, 2.05) is 25.1 Å². The Morgan fingerprint density at radius 3 is 2.70 bits per heavy atom. The van der Waals surface area contributed by atoms with E-state index in [4.69, 9.17) is 14.2 Å². The fraction of sp³-hybridized carbons (Fsp3) is 0.542. The number of carbonyl (C=O) groups excluding carboxylic acids is 1. The standard InChI is InChI=1S/C24H34N4O4S/c1-6-9-10-11-14-32-18-13-12-17(15-19(18)30-5)21-20(22(29)31-7-2)16(4)25-23-26-24(33-8-3)27-28(21)23/h12-13,15,21H,6-11,14H2,1-5H3,(H,25,26,27). The van der Waals surface area contributed by atoms with Gasteiger partial charge in [0.05, 0.1) is 25.9 Å². The first-order valence-electron chi connectivity index (χ1n) is 11.6. The van der Waals surface area contributed by atoms with Gasteiger partial charge in [-0.05, 0) is 43.7 Å². The lowest BCUT2D eigenvalue weighted by molar-refractivity contribution is -0.139. The maximum atomic E-state index is 12.9. The summed E-state index contributed by atoms with van der Waals surface area (Å²) in [5.74, 6) is 2.37. The van der Waals surface area contributed by atoms with Gasteiger partial charge in [0.1, 0.15) is 6.04 Å². The van der Waals surface area contributed by atoms with Crippen molar-refractivity contribution in [3.8, 4) is 11.5 Å². The molecule has 1 unspecified atom stereocenters. The smallest absolute Gasteiger partial charge is 0.338 e. The molecular formula is C24H34N4O4S. The number of rotatable bonds is 12. The highest BCUT2D eigenvalue weighted by molar-refractivity contribution is 7.99. The van der Waals surface area contributed by atoms with Crippen LogP contribution in [0.3, 0.4) is 0 Å². The van der Waals surface area contributed by atoms with Crippen molar-refractivity contribution in [3.05, 3.63) is 35.0 Å². The number of anilines is 1. The summed E-state index contributed by atoms with van der Waals surface area (Å²) >= 11 is 1.55. The van der Waals surface area contributed by atoms with Gasteiger partial charge in [-0.15, -0.1) is 5.10 Å². The molecule has 8 nitrogen and oxygen atoms in total. The fourth-order valence-electron chi connectivity index (χ4n) is 3.79. The first-order valence-corrected chi connectivity index (χ1v) is 12.6. The lowest BCUT2D eigenvalue weighted by Crippen LogP contribution is -2.29. The van der Waals surface area contributed by atoms with Crippen LogP contribution in [0.5, 0.6) is 11.5 Å². The monoisotopic (exact) mass is 474 g/mol. The summed E-state index contributed by atoms with van der Waals surface area (Å²) in [4.78, 5) is 17.5. The fourth-order valence-corrected chi connectivity index (χ4v) is 4.34. The van der Waals surface area contributed by atoms with E-state index in [1.54, 1.807) is 30.5 Å². The van der Waals surface area contributed by atoms with Gasteiger partial charge >= 0.3 is 5.97 Å². The molecule has 0 bridgehead atoms. The second kappa shape index (κ2) is 12.0. The number of fused-ring (bicyclic) bond motifs is 1. The average molecular weight is 475 g/mol. The van der Waals surface area contributed by atoms with E-state index in [0.717, 1.165) is 24.2 Å². The number of thioether (sulfide) groups is 1. The van der Waals surface area contributed by atoms with Crippen molar-refractivity contribution in [2.45, 2.75) is 64.6 Å². The molecule has 9 heteroatoms. The zero-order valence-electron chi connectivity index (χ0n) is 20.1. The number of hydrogen-bond donors (Lipinski definition) is 1. The third-order valence-corrected chi connectivity index (χ3v) is 6.08. The third-order valence-electron chi connectivity index (χ3n) is 5.36. The summed E-state index contributed by atoms with van der Waals surface area (Å²) in [6.45, 7) is 8.82. The number of unbranched alkanes of at least 4 members (excludes halogenated alkanes) is 3. The van der Waals surface area contributed by atoms with E-state index in [0.29, 0.717) is 40.5 Å². The third kappa shape index (κ3) is 5.82. The number of nitrogens with zero attached hydrogens (tertiary/aromatic N) is 3. The lowest BCUT2D eigenvalue weighted by Gasteiger charge is -2.28. The molecule has 3 rings (SSSR count). The number of benzene rings is 1. The topological polar surface area (TPSA) is 87.5 Å². The van der Waals surface area contributed by atoms with Crippen molar-refractivity contribution in [1.82, 2.24) is 14.8 Å².